The third-order valence-corrected chi connectivity index (χ3v) is 5.27. The number of anilines is 2. The number of ether oxygens (including phenoxy) is 3. The average molecular weight is 419 g/mol. The first kappa shape index (κ1) is 20.3. The van der Waals surface area contributed by atoms with Gasteiger partial charge in [0.2, 0.25) is 11.9 Å². The Labute approximate surface area is 179 Å². The van der Waals surface area contributed by atoms with Crippen LogP contribution < -0.4 is 19.3 Å². The van der Waals surface area contributed by atoms with Crippen molar-refractivity contribution < 1.29 is 23.8 Å². The summed E-state index contributed by atoms with van der Waals surface area (Å²) in [5.41, 5.74) is 1.66. The van der Waals surface area contributed by atoms with Crippen LogP contribution in [-0.4, -0.2) is 44.7 Å². The lowest BCUT2D eigenvalue weighted by Gasteiger charge is -2.30. The fraction of sp³-hybridized carbons (Fsp3) is 0.261. The minimum absolute atomic E-state index is 0.0896. The molecule has 2 aromatic carbocycles. The summed E-state index contributed by atoms with van der Waals surface area (Å²) >= 11 is 0. The van der Waals surface area contributed by atoms with E-state index in [0.29, 0.717) is 17.3 Å². The van der Waals surface area contributed by atoms with Gasteiger partial charge in [-0.15, -0.1) is 0 Å². The molecule has 4 rings (SSSR count). The average Bonchev–Trinajstić information content (AvgIpc) is 3.03. The van der Waals surface area contributed by atoms with Gasteiger partial charge < -0.3 is 24.0 Å². The van der Waals surface area contributed by atoms with Gasteiger partial charge in [0.15, 0.2) is 18.1 Å². The SMILES string of the molecule is CC1Oc2ccccc2OC1C(=O)OCC(=O)C(C#N)=C1N(C)c2ccccc2N1C. The molecule has 2 unspecified atom stereocenters. The molecule has 0 N–H and O–H groups in total. The number of rotatable bonds is 4. The van der Waals surface area contributed by atoms with E-state index in [1.165, 1.54) is 0 Å². The summed E-state index contributed by atoms with van der Waals surface area (Å²) in [6.07, 6.45) is -1.60. The highest BCUT2D eigenvalue weighted by atomic mass is 16.6. The van der Waals surface area contributed by atoms with Gasteiger partial charge in [-0.3, -0.25) is 4.79 Å². The molecule has 31 heavy (non-hydrogen) atoms. The van der Waals surface area contributed by atoms with Crippen LogP contribution in [0.2, 0.25) is 0 Å². The number of nitriles is 1. The number of hydrogen-bond donors (Lipinski definition) is 0. The minimum atomic E-state index is -1.01. The van der Waals surface area contributed by atoms with Crippen LogP contribution in [0.3, 0.4) is 0 Å². The molecule has 0 spiro atoms. The van der Waals surface area contributed by atoms with Crippen LogP contribution in [0.4, 0.5) is 11.4 Å². The second kappa shape index (κ2) is 8.03. The largest absolute Gasteiger partial charge is 0.482 e. The molecule has 158 valence electrons. The summed E-state index contributed by atoms with van der Waals surface area (Å²) in [5.74, 6) is 0.0830. The zero-order valence-electron chi connectivity index (χ0n) is 17.4. The Morgan fingerprint density at radius 3 is 2.13 bits per heavy atom. The maximum atomic E-state index is 12.8. The first-order chi connectivity index (χ1) is 14.9. The van der Waals surface area contributed by atoms with Crippen LogP contribution in [0.5, 0.6) is 11.5 Å². The Balaban J connectivity index is 1.48. The molecule has 0 amide bonds. The van der Waals surface area contributed by atoms with Crippen molar-refractivity contribution in [2.24, 2.45) is 0 Å². The Morgan fingerprint density at radius 2 is 1.55 bits per heavy atom. The molecule has 2 aromatic rings. The second-order valence-corrected chi connectivity index (χ2v) is 7.26. The summed E-state index contributed by atoms with van der Waals surface area (Å²) in [4.78, 5) is 28.9. The fourth-order valence-corrected chi connectivity index (χ4v) is 3.73. The van der Waals surface area contributed by atoms with Crippen LogP contribution in [0.15, 0.2) is 59.9 Å². The zero-order chi connectivity index (χ0) is 22.1. The number of esters is 1. The van der Waals surface area contributed by atoms with E-state index < -0.39 is 30.6 Å². The molecular formula is C23H21N3O5. The van der Waals surface area contributed by atoms with Gasteiger partial charge in [-0.25, -0.2) is 4.79 Å². The monoisotopic (exact) mass is 419 g/mol. The van der Waals surface area contributed by atoms with E-state index in [-0.39, 0.29) is 5.57 Å². The molecule has 8 heteroatoms. The molecular weight excluding hydrogens is 398 g/mol. The molecule has 2 aliphatic rings. The van der Waals surface area contributed by atoms with Crippen molar-refractivity contribution in [2.75, 3.05) is 30.5 Å². The summed E-state index contributed by atoms with van der Waals surface area (Å²) in [6.45, 7) is 1.11. The van der Waals surface area contributed by atoms with E-state index in [2.05, 4.69) is 0 Å². The standard InChI is InChI=1S/C23H21N3O5/c1-14-21(31-20-11-7-6-10-19(20)30-14)23(28)29-13-18(27)15(12-24)22-25(2)16-8-4-5-9-17(16)26(22)3/h4-11,14,21H,13H2,1-3H3. The number of benzene rings is 2. The first-order valence-corrected chi connectivity index (χ1v) is 9.75. The summed E-state index contributed by atoms with van der Waals surface area (Å²) in [6, 6.07) is 16.5. The van der Waals surface area contributed by atoms with Gasteiger partial charge >= 0.3 is 5.97 Å². The maximum absolute atomic E-state index is 12.8. The minimum Gasteiger partial charge on any atom is -0.482 e. The Kier molecular flexibility index (Phi) is 5.26. The molecule has 0 saturated heterocycles. The number of nitrogens with zero attached hydrogens (tertiary/aromatic N) is 3. The van der Waals surface area contributed by atoms with Crippen LogP contribution in [-0.2, 0) is 14.3 Å². The molecule has 2 atom stereocenters. The van der Waals surface area contributed by atoms with E-state index in [1.54, 1.807) is 55.1 Å². The molecule has 0 saturated carbocycles. The molecule has 0 fully saturated rings. The molecule has 0 radical (unpaired) electrons. The van der Waals surface area contributed by atoms with Crippen molar-refractivity contribution in [3.05, 3.63) is 59.9 Å². The number of para-hydroxylation sites is 4. The number of fused-ring (bicyclic) bond motifs is 2. The Hall–Kier alpha value is -3.99. The summed E-state index contributed by atoms with van der Waals surface area (Å²) in [5, 5.41) is 9.67. The van der Waals surface area contributed by atoms with E-state index in [9.17, 15) is 14.9 Å². The Bertz CT molecular complexity index is 1090. The zero-order valence-corrected chi connectivity index (χ0v) is 17.4. The number of hydrogen-bond acceptors (Lipinski definition) is 8. The van der Waals surface area contributed by atoms with Crippen molar-refractivity contribution in [3.63, 3.8) is 0 Å². The molecule has 0 bridgehead atoms. The van der Waals surface area contributed by atoms with Crippen molar-refractivity contribution >= 4 is 23.1 Å². The number of carbonyl (C=O) groups excluding carboxylic acids is 2. The lowest BCUT2D eigenvalue weighted by molar-refractivity contribution is -0.159. The lowest BCUT2D eigenvalue weighted by Crippen LogP contribution is -2.45. The highest BCUT2D eigenvalue weighted by Crippen LogP contribution is 2.40. The van der Waals surface area contributed by atoms with E-state index >= 15 is 0 Å². The van der Waals surface area contributed by atoms with E-state index in [4.69, 9.17) is 14.2 Å². The first-order valence-electron chi connectivity index (χ1n) is 9.75. The summed E-state index contributed by atoms with van der Waals surface area (Å²) in [7, 11) is 3.56. The predicted octanol–water partition coefficient (Wildman–Crippen LogP) is 2.65. The molecule has 2 aliphatic heterocycles. The topological polar surface area (TPSA) is 92.1 Å². The number of carbonyl (C=O) groups is 2. The molecule has 2 heterocycles. The normalized spacial score (nSPS) is 18.8. The van der Waals surface area contributed by atoms with Crippen LogP contribution in [0.1, 0.15) is 6.92 Å². The third kappa shape index (κ3) is 3.55. The summed E-state index contributed by atoms with van der Waals surface area (Å²) < 4.78 is 16.6. The van der Waals surface area contributed by atoms with Crippen LogP contribution in [0.25, 0.3) is 0 Å². The highest BCUT2D eigenvalue weighted by molar-refractivity contribution is 6.04. The van der Waals surface area contributed by atoms with E-state index in [1.807, 2.05) is 30.3 Å². The molecule has 0 aromatic heterocycles. The maximum Gasteiger partial charge on any atom is 0.351 e. The Morgan fingerprint density at radius 1 is 1.00 bits per heavy atom. The third-order valence-electron chi connectivity index (χ3n) is 5.27. The second-order valence-electron chi connectivity index (χ2n) is 7.26. The molecule has 8 nitrogen and oxygen atoms in total. The van der Waals surface area contributed by atoms with Gasteiger partial charge in [0.25, 0.3) is 0 Å². The van der Waals surface area contributed by atoms with E-state index in [0.717, 1.165) is 11.4 Å². The van der Waals surface area contributed by atoms with Gasteiger partial charge in [-0.2, -0.15) is 5.26 Å². The highest BCUT2D eigenvalue weighted by Gasteiger charge is 2.36. The van der Waals surface area contributed by atoms with Crippen molar-refractivity contribution in [2.45, 2.75) is 19.1 Å². The van der Waals surface area contributed by atoms with Gasteiger partial charge in [-0.05, 0) is 31.2 Å². The van der Waals surface area contributed by atoms with Crippen molar-refractivity contribution in [3.8, 4) is 17.6 Å². The fourth-order valence-electron chi connectivity index (χ4n) is 3.73. The van der Waals surface area contributed by atoms with Gasteiger partial charge in [-0.1, -0.05) is 24.3 Å². The smallest absolute Gasteiger partial charge is 0.351 e. The van der Waals surface area contributed by atoms with Gasteiger partial charge in [0.05, 0.1) is 11.4 Å². The quantitative estimate of drug-likeness (QED) is 0.424. The lowest BCUT2D eigenvalue weighted by atomic mass is 10.1. The van der Waals surface area contributed by atoms with Gasteiger partial charge in [0.1, 0.15) is 23.6 Å². The predicted molar refractivity (Wildman–Crippen MR) is 113 cm³/mol. The van der Waals surface area contributed by atoms with Gasteiger partial charge in [0, 0.05) is 14.1 Å². The van der Waals surface area contributed by atoms with Crippen LogP contribution in [0, 0.1) is 11.3 Å². The van der Waals surface area contributed by atoms with Crippen molar-refractivity contribution in [1.29, 1.82) is 5.26 Å². The number of ketones is 1. The van der Waals surface area contributed by atoms with Crippen LogP contribution >= 0.6 is 0 Å². The number of Topliss-reactive ketones (excluding diaryl/α,β-unsaturated/α-hetero) is 1. The molecule has 0 aliphatic carbocycles. The van der Waals surface area contributed by atoms with Crippen molar-refractivity contribution in [1.82, 2.24) is 0 Å².